The van der Waals surface area contributed by atoms with Crippen molar-refractivity contribution < 1.29 is 13.6 Å². The fourth-order valence-corrected chi connectivity index (χ4v) is 4.94. The van der Waals surface area contributed by atoms with Crippen molar-refractivity contribution in [3.05, 3.63) is 15.9 Å². The molecule has 1 heterocycles. The summed E-state index contributed by atoms with van der Waals surface area (Å²) in [6, 6.07) is 0.941. The van der Waals surface area contributed by atoms with E-state index in [0.717, 1.165) is 11.3 Å². The van der Waals surface area contributed by atoms with Crippen molar-refractivity contribution in [1.29, 1.82) is 0 Å². The number of hydrogen-bond acceptors (Lipinski definition) is 5. The fourth-order valence-electron chi connectivity index (χ4n) is 1.34. The van der Waals surface area contributed by atoms with Gasteiger partial charge in [0.25, 0.3) is 10.0 Å². The number of nitrogens with two attached hydrogens (primary N) is 1. The molecule has 0 radical (unpaired) electrons. The van der Waals surface area contributed by atoms with Gasteiger partial charge in [0, 0.05) is 4.47 Å². The number of halogens is 1. The van der Waals surface area contributed by atoms with Gasteiger partial charge in [-0.25, -0.2) is 8.42 Å². The van der Waals surface area contributed by atoms with E-state index in [0.29, 0.717) is 17.3 Å². The summed E-state index contributed by atoms with van der Waals surface area (Å²) in [5.41, 5.74) is 5.47. The zero-order chi connectivity index (χ0) is 13.8. The maximum absolute atomic E-state index is 12.1. The van der Waals surface area contributed by atoms with E-state index in [1.807, 2.05) is 6.92 Å². The summed E-state index contributed by atoms with van der Waals surface area (Å²) in [6.07, 6.45) is 1.16. The molecule has 0 aromatic carbocycles. The van der Waals surface area contributed by atoms with Crippen LogP contribution in [0.3, 0.4) is 0 Å². The average Bonchev–Trinajstić information content (AvgIpc) is 2.74. The standard InChI is InChI=1S/C9H14BrN3O3S2/c1-2-3-7(8(11)12-14)13-18(15,16)9-6(10)4-5-17-9/h4-5,7,13-14H,2-3H2,1H3,(H2,11,12). The van der Waals surface area contributed by atoms with Crippen molar-refractivity contribution >= 4 is 43.1 Å². The lowest BCUT2D eigenvalue weighted by Gasteiger charge is -2.16. The summed E-state index contributed by atoms with van der Waals surface area (Å²) in [4.78, 5) is 0. The highest BCUT2D eigenvalue weighted by atomic mass is 79.9. The van der Waals surface area contributed by atoms with Gasteiger partial charge in [-0.3, -0.25) is 0 Å². The number of nitrogens with one attached hydrogen (secondary N) is 1. The van der Waals surface area contributed by atoms with Crippen LogP contribution in [0.2, 0.25) is 0 Å². The SMILES string of the molecule is CCCC(NS(=O)(=O)c1sccc1Br)C(N)=NO. The molecule has 102 valence electrons. The Hall–Kier alpha value is -0.640. The predicted molar refractivity (Wildman–Crippen MR) is 74.4 cm³/mol. The van der Waals surface area contributed by atoms with Crippen molar-refractivity contribution in [2.24, 2.45) is 10.9 Å². The Morgan fingerprint density at radius 3 is 2.83 bits per heavy atom. The van der Waals surface area contributed by atoms with Gasteiger partial charge >= 0.3 is 0 Å². The molecule has 0 aliphatic heterocycles. The van der Waals surface area contributed by atoms with Crippen LogP contribution in [0.15, 0.2) is 25.3 Å². The van der Waals surface area contributed by atoms with Crippen LogP contribution in [0.5, 0.6) is 0 Å². The molecule has 6 nitrogen and oxygen atoms in total. The number of hydrogen-bond donors (Lipinski definition) is 3. The van der Waals surface area contributed by atoms with E-state index in [-0.39, 0.29) is 10.0 Å². The zero-order valence-corrected chi connectivity index (χ0v) is 12.8. The largest absolute Gasteiger partial charge is 0.409 e. The highest BCUT2D eigenvalue weighted by Gasteiger charge is 2.25. The summed E-state index contributed by atoms with van der Waals surface area (Å²) in [5, 5.41) is 13.2. The molecular formula is C9H14BrN3O3S2. The molecule has 0 saturated heterocycles. The minimum Gasteiger partial charge on any atom is -0.409 e. The topological polar surface area (TPSA) is 105 Å². The Bertz CT molecular complexity index is 527. The molecule has 0 amide bonds. The third kappa shape index (κ3) is 3.67. The first-order valence-electron chi connectivity index (χ1n) is 5.15. The first-order valence-corrected chi connectivity index (χ1v) is 8.30. The van der Waals surface area contributed by atoms with Crippen molar-refractivity contribution in [2.45, 2.75) is 30.0 Å². The van der Waals surface area contributed by atoms with E-state index in [9.17, 15) is 8.42 Å². The molecule has 18 heavy (non-hydrogen) atoms. The van der Waals surface area contributed by atoms with E-state index in [2.05, 4.69) is 25.8 Å². The lowest BCUT2D eigenvalue weighted by molar-refractivity contribution is 0.315. The monoisotopic (exact) mass is 355 g/mol. The summed E-state index contributed by atoms with van der Waals surface area (Å²) >= 11 is 4.26. The number of nitrogens with zero attached hydrogens (tertiary/aromatic N) is 1. The maximum atomic E-state index is 12.1. The summed E-state index contributed by atoms with van der Waals surface area (Å²) in [5.74, 6) is -0.145. The van der Waals surface area contributed by atoms with Crippen LogP contribution in [-0.2, 0) is 10.0 Å². The second kappa shape index (κ2) is 6.50. The Morgan fingerprint density at radius 2 is 2.39 bits per heavy atom. The van der Waals surface area contributed by atoms with Crippen LogP contribution < -0.4 is 10.5 Å². The third-order valence-corrected chi connectivity index (χ3v) is 6.32. The van der Waals surface area contributed by atoms with Crippen molar-refractivity contribution in [3.8, 4) is 0 Å². The smallest absolute Gasteiger partial charge is 0.251 e. The second-order valence-electron chi connectivity index (χ2n) is 3.54. The molecule has 0 aliphatic rings. The van der Waals surface area contributed by atoms with Crippen LogP contribution >= 0.6 is 27.3 Å². The van der Waals surface area contributed by atoms with Crippen molar-refractivity contribution in [2.75, 3.05) is 0 Å². The molecule has 1 aromatic rings. The molecule has 1 aromatic heterocycles. The summed E-state index contributed by atoms with van der Waals surface area (Å²) < 4.78 is 27.3. The molecule has 0 spiro atoms. The van der Waals surface area contributed by atoms with Crippen LogP contribution in [0.4, 0.5) is 0 Å². The van der Waals surface area contributed by atoms with Crippen LogP contribution in [0.1, 0.15) is 19.8 Å². The number of rotatable bonds is 6. The first-order chi connectivity index (χ1) is 8.42. The quantitative estimate of drug-likeness (QED) is 0.312. The van der Waals surface area contributed by atoms with E-state index < -0.39 is 16.1 Å². The van der Waals surface area contributed by atoms with E-state index in [4.69, 9.17) is 10.9 Å². The molecule has 1 unspecified atom stereocenters. The summed E-state index contributed by atoms with van der Waals surface area (Å²) in [6.45, 7) is 1.88. The molecule has 1 atom stereocenters. The average molecular weight is 356 g/mol. The number of sulfonamides is 1. The minimum absolute atomic E-state index is 0.145. The van der Waals surface area contributed by atoms with E-state index >= 15 is 0 Å². The lowest BCUT2D eigenvalue weighted by Crippen LogP contribution is -2.44. The fraction of sp³-hybridized carbons (Fsp3) is 0.444. The van der Waals surface area contributed by atoms with Gasteiger partial charge in [0.15, 0.2) is 5.84 Å². The Morgan fingerprint density at radius 1 is 1.72 bits per heavy atom. The normalized spacial score (nSPS) is 14.7. The van der Waals surface area contributed by atoms with Gasteiger partial charge in [-0.1, -0.05) is 18.5 Å². The van der Waals surface area contributed by atoms with Gasteiger partial charge in [0.05, 0.1) is 6.04 Å². The zero-order valence-electron chi connectivity index (χ0n) is 9.63. The minimum atomic E-state index is -3.67. The Balaban J connectivity index is 2.97. The number of thiophene rings is 1. The maximum Gasteiger partial charge on any atom is 0.251 e. The number of amidine groups is 1. The number of oxime groups is 1. The third-order valence-electron chi connectivity index (χ3n) is 2.18. The van der Waals surface area contributed by atoms with Gasteiger partial charge in [-0.15, -0.1) is 11.3 Å². The van der Waals surface area contributed by atoms with Gasteiger partial charge in [-0.2, -0.15) is 4.72 Å². The van der Waals surface area contributed by atoms with Crippen LogP contribution in [-0.4, -0.2) is 25.5 Å². The van der Waals surface area contributed by atoms with E-state index in [1.54, 1.807) is 11.4 Å². The highest BCUT2D eigenvalue weighted by molar-refractivity contribution is 9.10. The molecule has 0 aliphatic carbocycles. The van der Waals surface area contributed by atoms with Gasteiger partial charge in [-0.05, 0) is 33.8 Å². The Labute approximate surface area is 118 Å². The van der Waals surface area contributed by atoms with Gasteiger partial charge < -0.3 is 10.9 Å². The van der Waals surface area contributed by atoms with Crippen LogP contribution in [0, 0.1) is 0 Å². The first kappa shape index (κ1) is 15.4. The molecule has 4 N–H and O–H groups in total. The van der Waals surface area contributed by atoms with Crippen LogP contribution in [0.25, 0.3) is 0 Å². The van der Waals surface area contributed by atoms with E-state index in [1.165, 1.54) is 0 Å². The van der Waals surface area contributed by atoms with Crippen molar-refractivity contribution in [1.82, 2.24) is 4.72 Å². The lowest BCUT2D eigenvalue weighted by atomic mass is 10.2. The molecule has 0 saturated carbocycles. The molecular weight excluding hydrogens is 342 g/mol. The molecule has 0 bridgehead atoms. The molecule has 9 heteroatoms. The summed E-state index contributed by atoms with van der Waals surface area (Å²) in [7, 11) is -3.67. The molecule has 1 rings (SSSR count). The molecule has 0 fully saturated rings. The highest BCUT2D eigenvalue weighted by Crippen LogP contribution is 2.27. The second-order valence-corrected chi connectivity index (χ2v) is 7.22. The van der Waals surface area contributed by atoms with Gasteiger partial charge in [0.1, 0.15) is 4.21 Å². The van der Waals surface area contributed by atoms with Gasteiger partial charge in [0.2, 0.25) is 0 Å². The van der Waals surface area contributed by atoms with Crippen molar-refractivity contribution in [3.63, 3.8) is 0 Å². The Kier molecular flexibility index (Phi) is 5.57. The predicted octanol–water partition coefficient (Wildman–Crippen LogP) is 1.70.